The molecule has 2 fully saturated rings. The Morgan fingerprint density at radius 3 is 2.25 bits per heavy atom. The van der Waals surface area contributed by atoms with Crippen molar-refractivity contribution in [2.75, 3.05) is 26.7 Å². The molecule has 2 aromatic rings. The van der Waals surface area contributed by atoms with Crippen molar-refractivity contribution in [2.45, 2.75) is 37.5 Å². The SMILES string of the molecule is CN1C(=O)N(CCc2ccccc2)C(=O)C12CCN(Cc1cccc(C(F)(F)F)c1)CC2. The molecule has 5 nitrogen and oxygen atoms in total. The average molecular weight is 445 g/mol. The normalized spacial score (nSPS) is 19.2. The topological polar surface area (TPSA) is 43.9 Å². The Labute approximate surface area is 185 Å². The first kappa shape index (κ1) is 22.3. The Hall–Kier alpha value is -2.87. The second kappa shape index (κ2) is 8.58. The van der Waals surface area contributed by atoms with Crippen molar-refractivity contribution in [1.82, 2.24) is 14.7 Å². The number of likely N-dealkylation sites (tertiary alicyclic amines) is 1. The lowest BCUT2D eigenvalue weighted by molar-refractivity contribution is -0.138. The number of halogens is 3. The van der Waals surface area contributed by atoms with Crippen LogP contribution < -0.4 is 0 Å². The molecule has 170 valence electrons. The van der Waals surface area contributed by atoms with Crippen LogP contribution in [0.15, 0.2) is 54.6 Å². The standard InChI is InChI=1S/C24H26F3N3O2/c1-28-22(32)30(13-10-18-6-3-2-4-7-18)21(31)23(28)11-14-29(15-12-23)17-19-8-5-9-20(16-19)24(25,26)27/h2-9,16H,10-15,17H2,1H3. The molecule has 2 aliphatic heterocycles. The van der Waals surface area contributed by atoms with E-state index in [0.29, 0.717) is 51.0 Å². The summed E-state index contributed by atoms with van der Waals surface area (Å²) >= 11 is 0. The number of alkyl halides is 3. The van der Waals surface area contributed by atoms with Crippen molar-refractivity contribution in [2.24, 2.45) is 0 Å². The van der Waals surface area contributed by atoms with Gasteiger partial charge in [-0.1, -0.05) is 48.5 Å². The fourth-order valence-corrected chi connectivity index (χ4v) is 4.66. The number of hydrogen-bond acceptors (Lipinski definition) is 3. The minimum Gasteiger partial charge on any atom is -0.312 e. The Balaban J connectivity index is 1.40. The van der Waals surface area contributed by atoms with Gasteiger partial charge in [0, 0.05) is 33.2 Å². The number of imide groups is 1. The maximum Gasteiger partial charge on any atom is 0.416 e. The number of amides is 3. The molecule has 0 aliphatic carbocycles. The van der Waals surface area contributed by atoms with Crippen LogP contribution >= 0.6 is 0 Å². The quantitative estimate of drug-likeness (QED) is 0.649. The molecular weight excluding hydrogens is 419 g/mol. The van der Waals surface area contributed by atoms with Gasteiger partial charge in [0.2, 0.25) is 0 Å². The third-order valence-electron chi connectivity index (χ3n) is 6.61. The number of benzene rings is 2. The van der Waals surface area contributed by atoms with E-state index in [1.165, 1.54) is 17.0 Å². The van der Waals surface area contributed by atoms with Gasteiger partial charge in [-0.15, -0.1) is 0 Å². The van der Waals surface area contributed by atoms with E-state index in [1.54, 1.807) is 18.0 Å². The number of likely N-dealkylation sites (N-methyl/N-ethyl adjacent to an activating group) is 1. The van der Waals surface area contributed by atoms with Crippen molar-refractivity contribution >= 4 is 11.9 Å². The molecule has 0 saturated carbocycles. The van der Waals surface area contributed by atoms with E-state index in [9.17, 15) is 22.8 Å². The molecular formula is C24H26F3N3O2. The van der Waals surface area contributed by atoms with E-state index in [0.717, 1.165) is 11.6 Å². The molecule has 0 atom stereocenters. The Bertz CT molecular complexity index is 985. The average Bonchev–Trinajstić information content (AvgIpc) is 2.95. The van der Waals surface area contributed by atoms with Gasteiger partial charge >= 0.3 is 12.2 Å². The molecule has 4 rings (SSSR count). The molecule has 8 heteroatoms. The minimum absolute atomic E-state index is 0.167. The fourth-order valence-electron chi connectivity index (χ4n) is 4.66. The van der Waals surface area contributed by atoms with Crippen LogP contribution in [-0.2, 0) is 23.9 Å². The van der Waals surface area contributed by atoms with Gasteiger partial charge in [0.15, 0.2) is 0 Å². The van der Waals surface area contributed by atoms with Gasteiger partial charge in [-0.3, -0.25) is 14.6 Å². The first-order chi connectivity index (χ1) is 15.2. The molecule has 2 heterocycles. The number of rotatable bonds is 5. The van der Waals surface area contributed by atoms with Crippen LogP contribution in [-0.4, -0.2) is 58.9 Å². The number of carbonyl (C=O) groups is 2. The molecule has 2 saturated heterocycles. The smallest absolute Gasteiger partial charge is 0.312 e. The van der Waals surface area contributed by atoms with Crippen molar-refractivity contribution < 1.29 is 22.8 Å². The molecule has 0 radical (unpaired) electrons. The minimum atomic E-state index is -4.37. The summed E-state index contributed by atoms with van der Waals surface area (Å²) in [5.74, 6) is -0.167. The van der Waals surface area contributed by atoms with E-state index in [2.05, 4.69) is 0 Å². The van der Waals surface area contributed by atoms with Crippen molar-refractivity contribution in [3.63, 3.8) is 0 Å². The lowest BCUT2D eigenvalue weighted by atomic mass is 9.86. The van der Waals surface area contributed by atoms with Crippen LogP contribution in [0.4, 0.5) is 18.0 Å². The number of carbonyl (C=O) groups excluding carboxylic acids is 2. The largest absolute Gasteiger partial charge is 0.416 e. The number of hydrogen-bond donors (Lipinski definition) is 0. The Morgan fingerprint density at radius 1 is 0.938 bits per heavy atom. The summed E-state index contributed by atoms with van der Waals surface area (Å²) in [6.07, 6.45) is -2.84. The molecule has 0 N–H and O–H groups in total. The zero-order valence-corrected chi connectivity index (χ0v) is 17.9. The molecule has 3 amide bonds. The van der Waals surface area contributed by atoms with E-state index in [-0.39, 0.29) is 11.9 Å². The highest BCUT2D eigenvalue weighted by atomic mass is 19.4. The predicted octanol–water partition coefficient (Wildman–Crippen LogP) is 4.18. The lowest BCUT2D eigenvalue weighted by Crippen LogP contribution is -2.55. The van der Waals surface area contributed by atoms with Crippen molar-refractivity contribution in [3.05, 3.63) is 71.3 Å². The molecule has 1 spiro atoms. The second-order valence-electron chi connectivity index (χ2n) is 8.54. The fraction of sp³-hybridized carbons (Fsp3) is 0.417. The van der Waals surface area contributed by atoms with E-state index >= 15 is 0 Å². The zero-order valence-electron chi connectivity index (χ0n) is 17.9. The molecule has 0 bridgehead atoms. The van der Waals surface area contributed by atoms with Gasteiger partial charge in [-0.25, -0.2) is 4.79 Å². The molecule has 0 unspecified atom stereocenters. The third-order valence-corrected chi connectivity index (χ3v) is 6.61. The van der Waals surface area contributed by atoms with Gasteiger partial charge in [-0.2, -0.15) is 13.2 Å². The first-order valence-corrected chi connectivity index (χ1v) is 10.7. The summed E-state index contributed by atoms with van der Waals surface area (Å²) in [4.78, 5) is 31.0. The highest BCUT2D eigenvalue weighted by Gasteiger charge is 2.56. The van der Waals surface area contributed by atoms with Crippen LogP contribution in [0, 0.1) is 0 Å². The van der Waals surface area contributed by atoms with Gasteiger partial charge in [-0.05, 0) is 36.5 Å². The Kier molecular flexibility index (Phi) is 5.99. The third kappa shape index (κ3) is 4.24. The summed E-state index contributed by atoms with van der Waals surface area (Å²) in [6.45, 7) is 1.78. The maximum absolute atomic E-state index is 13.3. The van der Waals surface area contributed by atoms with E-state index in [4.69, 9.17) is 0 Å². The zero-order chi connectivity index (χ0) is 22.9. The van der Waals surface area contributed by atoms with Crippen LogP contribution in [0.25, 0.3) is 0 Å². The first-order valence-electron chi connectivity index (χ1n) is 10.7. The van der Waals surface area contributed by atoms with Crippen molar-refractivity contribution in [3.8, 4) is 0 Å². The molecule has 2 aromatic carbocycles. The van der Waals surface area contributed by atoms with E-state index in [1.807, 2.05) is 35.2 Å². The summed E-state index contributed by atoms with van der Waals surface area (Å²) < 4.78 is 39.0. The summed E-state index contributed by atoms with van der Waals surface area (Å²) in [5, 5.41) is 0. The Morgan fingerprint density at radius 2 is 1.59 bits per heavy atom. The molecule has 0 aromatic heterocycles. The molecule has 2 aliphatic rings. The number of nitrogens with zero attached hydrogens (tertiary/aromatic N) is 3. The molecule has 32 heavy (non-hydrogen) atoms. The maximum atomic E-state index is 13.3. The second-order valence-corrected chi connectivity index (χ2v) is 8.54. The van der Waals surface area contributed by atoms with Crippen LogP contribution in [0.1, 0.15) is 29.5 Å². The van der Waals surface area contributed by atoms with Crippen LogP contribution in [0.3, 0.4) is 0 Å². The highest BCUT2D eigenvalue weighted by Crippen LogP contribution is 2.37. The van der Waals surface area contributed by atoms with Gasteiger partial charge in [0.25, 0.3) is 5.91 Å². The van der Waals surface area contributed by atoms with Gasteiger partial charge in [0.05, 0.1) is 5.56 Å². The van der Waals surface area contributed by atoms with E-state index < -0.39 is 17.3 Å². The van der Waals surface area contributed by atoms with Crippen LogP contribution in [0.5, 0.6) is 0 Å². The van der Waals surface area contributed by atoms with Crippen LogP contribution in [0.2, 0.25) is 0 Å². The predicted molar refractivity (Wildman–Crippen MR) is 114 cm³/mol. The number of urea groups is 1. The lowest BCUT2D eigenvalue weighted by Gasteiger charge is -2.40. The summed E-state index contributed by atoms with van der Waals surface area (Å²) in [7, 11) is 1.67. The van der Waals surface area contributed by atoms with Gasteiger partial charge in [0.1, 0.15) is 5.54 Å². The van der Waals surface area contributed by atoms with Gasteiger partial charge < -0.3 is 4.90 Å². The number of piperidine rings is 1. The summed E-state index contributed by atoms with van der Waals surface area (Å²) in [5.41, 5.74) is 0.127. The highest BCUT2D eigenvalue weighted by molar-refractivity contribution is 6.07. The van der Waals surface area contributed by atoms with Crippen molar-refractivity contribution in [1.29, 1.82) is 0 Å². The monoisotopic (exact) mass is 445 g/mol. The summed E-state index contributed by atoms with van der Waals surface area (Å²) in [6, 6.07) is 14.8.